The van der Waals surface area contributed by atoms with Crippen molar-refractivity contribution in [2.45, 2.75) is 58.6 Å². The van der Waals surface area contributed by atoms with E-state index in [-0.39, 0.29) is 0 Å². The van der Waals surface area contributed by atoms with Gasteiger partial charge < -0.3 is 9.64 Å². The van der Waals surface area contributed by atoms with Crippen molar-refractivity contribution in [1.29, 1.82) is 0 Å². The van der Waals surface area contributed by atoms with E-state index in [1.807, 2.05) is 0 Å². The van der Waals surface area contributed by atoms with Crippen molar-refractivity contribution in [1.82, 2.24) is 15.1 Å². The van der Waals surface area contributed by atoms with Crippen LogP contribution in [0, 0.1) is 6.92 Å². The predicted molar refractivity (Wildman–Crippen MR) is 89.6 cm³/mol. The van der Waals surface area contributed by atoms with Crippen LogP contribution in [-0.2, 0) is 4.74 Å². The Labute approximate surface area is 132 Å². The van der Waals surface area contributed by atoms with E-state index in [2.05, 4.69) is 54.1 Å². The molecule has 0 aromatic carbocycles. The summed E-state index contributed by atoms with van der Waals surface area (Å²) in [5, 5.41) is 9.73. The molecule has 3 rings (SSSR count). The zero-order valence-electron chi connectivity index (χ0n) is 13.9. The van der Waals surface area contributed by atoms with Gasteiger partial charge >= 0.3 is 0 Å². The number of rotatable bonds is 3. The number of likely N-dealkylation sites (tertiary alicyclic amines) is 1. The fraction of sp³-hybridized carbons (Fsp3) is 0.611. The summed E-state index contributed by atoms with van der Waals surface area (Å²) < 4.78 is 6.44. The Balaban J connectivity index is 1.81. The number of hydrogen-bond acceptors (Lipinski definition) is 3. The second kappa shape index (κ2) is 6.69. The second-order valence-corrected chi connectivity index (χ2v) is 6.60. The molecule has 0 spiro atoms. The van der Waals surface area contributed by atoms with Gasteiger partial charge in [-0.2, -0.15) is 5.10 Å². The molecule has 1 saturated heterocycles. The maximum absolute atomic E-state index is 6.44. The summed E-state index contributed by atoms with van der Waals surface area (Å²) in [6.07, 6.45) is 11.0. The SMILES string of the molecule is Cc1n[nH]c2c1=C(OC1CCN(C(C)C)CC1)CCC=CC=2. The Morgan fingerprint density at radius 2 is 2.09 bits per heavy atom. The maximum atomic E-state index is 6.44. The van der Waals surface area contributed by atoms with Crippen LogP contribution in [0.25, 0.3) is 11.8 Å². The summed E-state index contributed by atoms with van der Waals surface area (Å²) >= 11 is 0. The van der Waals surface area contributed by atoms with Crippen molar-refractivity contribution < 1.29 is 4.74 Å². The number of piperidine rings is 1. The largest absolute Gasteiger partial charge is 0.494 e. The van der Waals surface area contributed by atoms with Crippen molar-refractivity contribution in [3.63, 3.8) is 0 Å². The van der Waals surface area contributed by atoms with E-state index in [0.717, 1.165) is 55.6 Å². The van der Waals surface area contributed by atoms with E-state index in [9.17, 15) is 0 Å². The number of aromatic amines is 1. The third kappa shape index (κ3) is 3.27. The van der Waals surface area contributed by atoms with Gasteiger partial charge in [-0.25, -0.2) is 0 Å². The Morgan fingerprint density at radius 3 is 2.82 bits per heavy atom. The molecular formula is C18H27N3O. The number of nitrogens with zero attached hydrogens (tertiary/aromatic N) is 2. The predicted octanol–water partition coefficient (Wildman–Crippen LogP) is 1.85. The van der Waals surface area contributed by atoms with Crippen molar-refractivity contribution in [2.75, 3.05) is 13.1 Å². The average Bonchev–Trinajstić information content (AvgIpc) is 2.84. The minimum absolute atomic E-state index is 0.343. The molecule has 22 heavy (non-hydrogen) atoms. The molecule has 2 heterocycles. The standard InChI is InChI=1S/C18H27N3O/c1-13(2)21-11-9-15(10-12-21)22-17-8-6-4-5-7-16-18(17)14(3)19-20-16/h4-5,7,13,15,20H,6,8-12H2,1-3H3. The first-order chi connectivity index (χ1) is 10.6. The number of aryl methyl sites for hydroxylation is 1. The van der Waals surface area contributed by atoms with Crippen LogP contribution in [0.3, 0.4) is 0 Å². The number of H-pyrrole nitrogens is 1. The van der Waals surface area contributed by atoms with Crippen LogP contribution < -0.4 is 10.6 Å². The molecule has 0 amide bonds. The first kappa shape index (κ1) is 15.3. The van der Waals surface area contributed by atoms with Gasteiger partial charge in [-0.1, -0.05) is 12.2 Å². The van der Waals surface area contributed by atoms with E-state index >= 15 is 0 Å². The Kier molecular flexibility index (Phi) is 4.67. The van der Waals surface area contributed by atoms with Gasteiger partial charge in [-0.15, -0.1) is 0 Å². The summed E-state index contributed by atoms with van der Waals surface area (Å²) in [4.78, 5) is 2.54. The lowest BCUT2D eigenvalue weighted by Crippen LogP contribution is -2.41. The van der Waals surface area contributed by atoms with Crippen LogP contribution in [0.1, 0.15) is 45.2 Å². The van der Waals surface area contributed by atoms with Gasteiger partial charge in [0.15, 0.2) is 0 Å². The van der Waals surface area contributed by atoms with Crippen LogP contribution in [0.2, 0.25) is 0 Å². The molecule has 0 unspecified atom stereocenters. The number of hydrogen-bond donors (Lipinski definition) is 1. The van der Waals surface area contributed by atoms with E-state index in [4.69, 9.17) is 4.74 Å². The molecule has 120 valence electrons. The van der Waals surface area contributed by atoms with E-state index in [1.165, 1.54) is 5.22 Å². The van der Waals surface area contributed by atoms with Crippen molar-refractivity contribution >= 4 is 11.8 Å². The minimum Gasteiger partial charge on any atom is -0.494 e. The zero-order valence-corrected chi connectivity index (χ0v) is 13.9. The molecular weight excluding hydrogens is 274 g/mol. The molecule has 1 fully saturated rings. The molecule has 0 radical (unpaired) electrons. The normalized spacial score (nSPS) is 20.5. The lowest BCUT2D eigenvalue weighted by molar-refractivity contribution is 0.0622. The van der Waals surface area contributed by atoms with Gasteiger partial charge in [-0.3, -0.25) is 5.10 Å². The first-order valence-electron chi connectivity index (χ1n) is 8.47. The molecule has 0 saturated carbocycles. The molecule has 1 aromatic heterocycles. The van der Waals surface area contributed by atoms with Crippen LogP contribution in [0.15, 0.2) is 12.2 Å². The Morgan fingerprint density at radius 1 is 1.32 bits per heavy atom. The third-order valence-corrected chi connectivity index (χ3v) is 4.71. The molecule has 0 bridgehead atoms. The summed E-state index contributed by atoms with van der Waals surface area (Å²) in [6.45, 7) is 8.87. The van der Waals surface area contributed by atoms with Gasteiger partial charge in [0.25, 0.3) is 0 Å². The van der Waals surface area contributed by atoms with Crippen molar-refractivity contribution in [3.05, 3.63) is 28.4 Å². The number of allylic oxidation sites excluding steroid dienone is 2. The fourth-order valence-corrected chi connectivity index (χ4v) is 3.35. The second-order valence-electron chi connectivity index (χ2n) is 6.60. The molecule has 0 atom stereocenters. The third-order valence-electron chi connectivity index (χ3n) is 4.71. The van der Waals surface area contributed by atoms with Crippen LogP contribution in [0.4, 0.5) is 0 Å². The van der Waals surface area contributed by atoms with Gasteiger partial charge in [0.05, 0.1) is 16.3 Å². The minimum atomic E-state index is 0.343. The number of ether oxygens (including phenoxy) is 1. The lowest BCUT2D eigenvalue weighted by atomic mass is 10.1. The fourth-order valence-electron chi connectivity index (χ4n) is 3.35. The maximum Gasteiger partial charge on any atom is 0.108 e. The summed E-state index contributed by atoms with van der Waals surface area (Å²) in [5.74, 6) is 1.12. The van der Waals surface area contributed by atoms with Crippen molar-refractivity contribution in [2.24, 2.45) is 0 Å². The number of aromatic nitrogens is 2. The lowest BCUT2D eigenvalue weighted by Gasteiger charge is -2.35. The topological polar surface area (TPSA) is 41.1 Å². The monoisotopic (exact) mass is 301 g/mol. The molecule has 1 aromatic rings. The van der Waals surface area contributed by atoms with Crippen LogP contribution in [0.5, 0.6) is 0 Å². The van der Waals surface area contributed by atoms with Gasteiger partial charge in [0.2, 0.25) is 0 Å². The summed E-state index contributed by atoms with van der Waals surface area (Å²) in [7, 11) is 0. The quantitative estimate of drug-likeness (QED) is 0.926. The zero-order chi connectivity index (χ0) is 15.5. The van der Waals surface area contributed by atoms with Crippen molar-refractivity contribution in [3.8, 4) is 0 Å². The molecule has 4 heteroatoms. The van der Waals surface area contributed by atoms with Gasteiger partial charge in [0.1, 0.15) is 11.9 Å². The van der Waals surface area contributed by atoms with Gasteiger partial charge in [-0.05, 0) is 46.1 Å². The highest BCUT2D eigenvalue weighted by molar-refractivity contribution is 5.45. The van der Waals surface area contributed by atoms with E-state index in [0.29, 0.717) is 12.1 Å². The highest BCUT2D eigenvalue weighted by Gasteiger charge is 2.23. The molecule has 4 nitrogen and oxygen atoms in total. The van der Waals surface area contributed by atoms with E-state index < -0.39 is 0 Å². The average molecular weight is 301 g/mol. The molecule has 1 aliphatic carbocycles. The highest BCUT2D eigenvalue weighted by Crippen LogP contribution is 2.20. The first-order valence-corrected chi connectivity index (χ1v) is 8.47. The highest BCUT2D eigenvalue weighted by atomic mass is 16.5. The Bertz CT molecular complexity index is 648. The summed E-state index contributed by atoms with van der Waals surface area (Å²) in [5.41, 5.74) is 1.04. The molecule has 2 aliphatic rings. The van der Waals surface area contributed by atoms with Crippen LogP contribution in [-0.4, -0.2) is 40.3 Å². The Hall–Kier alpha value is -1.55. The van der Waals surface area contributed by atoms with Crippen LogP contribution >= 0.6 is 0 Å². The number of nitrogens with one attached hydrogen (secondary N) is 1. The molecule has 1 N–H and O–H groups in total. The smallest absolute Gasteiger partial charge is 0.108 e. The molecule has 1 aliphatic heterocycles. The summed E-state index contributed by atoms with van der Waals surface area (Å²) in [6, 6.07) is 0.637. The van der Waals surface area contributed by atoms with Gasteiger partial charge in [0, 0.05) is 25.6 Å². The number of fused-ring (bicyclic) bond motifs is 1. The van der Waals surface area contributed by atoms with E-state index in [1.54, 1.807) is 0 Å².